The van der Waals surface area contributed by atoms with Gasteiger partial charge < -0.3 is 8.85 Å². The molecule has 0 saturated heterocycles. The van der Waals surface area contributed by atoms with Gasteiger partial charge in [0.15, 0.2) is 0 Å². The van der Waals surface area contributed by atoms with Gasteiger partial charge in [0.25, 0.3) is 0 Å². The molecule has 2 nitrogen and oxygen atoms in total. The van der Waals surface area contributed by atoms with Crippen molar-refractivity contribution in [1.29, 1.82) is 0 Å². The van der Waals surface area contributed by atoms with Gasteiger partial charge in [-0.2, -0.15) is 0 Å². The molecule has 0 rings (SSSR count). The average Bonchev–Trinajstić information content (AvgIpc) is 2.50. The Morgan fingerprint density at radius 3 is 1.82 bits per heavy atom. The zero-order valence-corrected chi connectivity index (χ0v) is 16.7. The van der Waals surface area contributed by atoms with Gasteiger partial charge in [0, 0.05) is 13.2 Å². The molecule has 0 aliphatic rings. The molecule has 0 aromatic carbocycles. The van der Waals surface area contributed by atoms with Gasteiger partial charge in [0.1, 0.15) is 0 Å². The van der Waals surface area contributed by atoms with E-state index in [9.17, 15) is 0 Å². The molecule has 1 unspecified atom stereocenters. The molecule has 3 heteroatoms. The van der Waals surface area contributed by atoms with Crippen LogP contribution in [0.25, 0.3) is 0 Å². The van der Waals surface area contributed by atoms with Crippen LogP contribution in [0.4, 0.5) is 0 Å². The Labute approximate surface area is 140 Å². The highest BCUT2D eigenvalue weighted by Gasteiger charge is 2.27. The number of hydrogen-bond acceptors (Lipinski definition) is 2. The van der Waals surface area contributed by atoms with Gasteiger partial charge in [0.2, 0.25) is 0 Å². The standard InChI is InChI=1S/C19H40O2Si/c1-6-8-9-10-11-12-13-14-15-16-17-20-22(5,7-2)21-18-19(3)4/h7,19H,2,6,8-18H2,1,3-5H3. The van der Waals surface area contributed by atoms with Crippen molar-refractivity contribution in [2.45, 2.75) is 91.5 Å². The van der Waals surface area contributed by atoms with Crippen LogP contribution in [-0.4, -0.2) is 21.8 Å². The van der Waals surface area contributed by atoms with Crippen molar-refractivity contribution in [3.05, 3.63) is 12.3 Å². The molecule has 0 aromatic rings. The molecule has 1 atom stereocenters. The summed E-state index contributed by atoms with van der Waals surface area (Å²) in [5.74, 6) is 0.549. The van der Waals surface area contributed by atoms with Gasteiger partial charge in [-0.3, -0.25) is 0 Å². The minimum atomic E-state index is -2.12. The maximum absolute atomic E-state index is 6.00. The largest absolute Gasteiger partial charge is 0.391 e. The quantitative estimate of drug-likeness (QED) is 0.241. The van der Waals surface area contributed by atoms with Crippen LogP contribution in [0.1, 0.15) is 85.0 Å². The van der Waals surface area contributed by atoms with Crippen molar-refractivity contribution in [3.8, 4) is 0 Å². The van der Waals surface area contributed by atoms with E-state index < -0.39 is 8.56 Å². The summed E-state index contributed by atoms with van der Waals surface area (Å²) >= 11 is 0. The first-order chi connectivity index (χ1) is 10.5. The SMILES string of the molecule is C=C[Si](C)(OCCCCCCCCCCCC)OCC(C)C. The van der Waals surface area contributed by atoms with Gasteiger partial charge in [-0.25, -0.2) is 0 Å². The van der Waals surface area contributed by atoms with Crippen molar-refractivity contribution in [2.75, 3.05) is 13.2 Å². The fourth-order valence-corrected chi connectivity index (χ4v) is 3.89. The number of rotatable bonds is 16. The molecular weight excluding hydrogens is 288 g/mol. The van der Waals surface area contributed by atoms with E-state index >= 15 is 0 Å². The van der Waals surface area contributed by atoms with E-state index in [4.69, 9.17) is 8.85 Å². The first kappa shape index (κ1) is 21.9. The summed E-state index contributed by atoms with van der Waals surface area (Å²) in [5, 5.41) is 0. The van der Waals surface area contributed by atoms with Crippen molar-refractivity contribution in [2.24, 2.45) is 5.92 Å². The summed E-state index contributed by atoms with van der Waals surface area (Å²) in [6.45, 7) is 14.2. The van der Waals surface area contributed by atoms with E-state index in [2.05, 4.69) is 33.9 Å². The second-order valence-corrected chi connectivity index (χ2v) is 9.97. The highest BCUT2D eigenvalue weighted by molar-refractivity contribution is 6.71. The Morgan fingerprint density at radius 2 is 1.36 bits per heavy atom. The number of hydrogen-bond donors (Lipinski definition) is 0. The molecule has 0 amide bonds. The third-order valence-electron chi connectivity index (χ3n) is 3.96. The topological polar surface area (TPSA) is 18.5 Å². The summed E-state index contributed by atoms with van der Waals surface area (Å²) < 4.78 is 11.9. The van der Waals surface area contributed by atoms with E-state index in [1.54, 1.807) is 0 Å². The predicted molar refractivity (Wildman–Crippen MR) is 100 cm³/mol. The van der Waals surface area contributed by atoms with Crippen molar-refractivity contribution in [3.63, 3.8) is 0 Å². The van der Waals surface area contributed by atoms with Gasteiger partial charge in [0.05, 0.1) is 0 Å². The molecule has 0 radical (unpaired) electrons. The van der Waals surface area contributed by atoms with Gasteiger partial charge in [-0.15, -0.1) is 6.58 Å². The summed E-state index contributed by atoms with van der Waals surface area (Å²) in [6, 6.07) is 0. The summed E-state index contributed by atoms with van der Waals surface area (Å²) in [5.41, 5.74) is 1.91. The predicted octanol–water partition coefficient (Wildman–Crippen LogP) is 6.39. The summed E-state index contributed by atoms with van der Waals surface area (Å²) in [6.07, 6.45) is 13.6. The van der Waals surface area contributed by atoms with Crippen LogP contribution in [0.3, 0.4) is 0 Å². The Kier molecular flexibility index (Phi) is 14.4. The molecule has 0 fully saturated rings. The van der Waals surface area contributed by atoms with E-state index in [-0.39, 0.29) is 0 Å². The van der Waals surface area contributed by atoms with Crippen molar-refractivity contribution < 1.29 is 8.85 Å². The Morgan fingerprint density at radius 1 is 0.864 bits per heavy atom. The minimum Gasteiger partial charge on any atom is -0.391 e. The first-order valence-corrected chi connectivity index (χ1v) is 11.8. The molecule has 0 aliphatic heterocycles. The Bertz CT molecular complexity index is 256. The average molecular weight is 329 g/mol. The summed E-state index contributed by atoms with van der Waals surface area (Å²) in [4.78, 5) is 0. The second kappa shape index (κ2) is 14.5. The normalized spacial score (nSPS) is 14.2. The van der Waals surface area contributed by atoms with Crippen LogP contribution >= 0.6 is 0 Å². The zero-order chi connectivity index (χ0) is 16.7. The maximum Gasteiger partial charge on any atom is 0.361 e. The molecule has 0 spiro atoms. The van der Waals surface area contributed by atoms with Crippen molar-refractivity contribution in [1.82, 2.24) is 0 Å². The molecule has 0 saturated carbocycles. The van der Waals surface area contributed by atoms with E-state index in [0.717, 1.165) is 19.6 Å². The van der Waals surface area contributed by atoms with Gasteiger partial charge >= 0.3 is 8.56 Å². The van der Waals surface area contributed by atoms with Crippen LogP contribution in [0.15, 0.2) is 12.3 Å². The van der Waals surface area contributed by atoms with Crippen LogP contribution < -0.4 is 0 Å². The van der Waals surface area contributed by atoms with Gasteiger partial charge in [-0.1, -0.05) is 78.6 Å². The number of unbranched alkanes of at least 4 members (excludes halogenated alkanes) is 9. The third kappa shape index (κ3) is 13.5. The molecule has 0 bridgehead atoms. The second-order valence-electron chi connectivity index (χ2n) is 6.96. The van der Waals surface area contributed by atoms with E-state index in [1.807, 2.05) is 5.70 Å². The molecule has 22 heavy (non-hydrogen) atoms. The lowest BCUT2D eigenvalue weighted by Gasteiger charge is -2.24. The Balaban J connectivity index is 3.45. The van der Waals surface area contributed by atoms with Crippen LogP contribution in [0.2, 0.25) is 6.55 Å². The van der Waals surface area contributed by atoms with Gasteiger partial charge in [-0.05, 0) is 24.6 Å². The molecule has 132 valence electrons. The lowest BCUT2D eigenvalue weighted by Crippen LogP contribution is -2.38. The molecule has 0 N–H and O–H groups in total. The highest BCUT2D eigenvalue weighted by Crippen LogP contribution is 2.13. The molecule has 0 aromatic heterocycles. The summed E-state index contributed by atoms with van der Waals surface area (Å²) in [7, 11) is -2.12. The lowest BCUT2D eigenvalue weighted by atomic mass is 10.1. The van der Waals surface area contributed by atoms with Crippen LogP contribution in [0.5, 0.6) is 0 Å². The fourth-order valence-electron chi connectivity index (χ4n) is 2.36. The van der Waals surface area contributed by atoms with Crippen LogP contribution in [0, 0.1) is 5.92 Å². The smallest absolute Gasteiger partial charge is 0.361 e. The third-order valence-corrected chi connectivity index (χ3v) is 6.22. The zero-order valence-electron chi connectivity index (χ0n) is 15.7. The maximum atomic E-state index is 6.00. The first-order valence-electron chi connectivity index (χ1n) is 9.45. The van der Waals surface area contributed by atoms with Crippen molar-refractivity contribution >= 4 is 8.56 Å². The molecular formula is C19H40O2Si. The fraction of sp³-hybridized carbons (Fsp3) is 0.895. The van der Waals surface area contributed by atoms with E-state index in [1.165, 1.54) is 57.8 Å². The minimum absolute atomic E-state index is 0.549. The molecule has 0 aliphatic carbocycles. The van der Waals surface area contributed by atoms with Crippen LogP contribution in [-0.2, 0) is 8.85 Å². The van der Waals surface area contributed by atoms with E-state index in [0.29, 0.717) is 5.92 Å². The highest BCUT2D eigenvalue weighted by atomic mass is 28.4. The molecule has 0 heterocycles. The Hall–Kier alpha value is -0.123. The lowest BCUT2D eigenvalue weighted by molar-refractivity contribution is 0.164. The monoisotopic (exact) mass is 328 g/mol.